The van der Waals surface area contributed by atoms with Crippen molar-refractivity contribution >= 4 is 29.4 Å². The average Bonchev–Trinajstić information content (AvgIpc) is 3.72. The second-order valence-electron chi connectivity index (χ2n) is 17.5. The molecule has 1 spiro atoms. The highest BCUT2D eigenvalue weighted by atomic mass is 16.6. The minimum atomic E-state index is -1.86. The molecular formula is C43H52N2O11. The molecule has 2 N–H and O–H groups in total. The third-order valence-corrected chi connectivity index (χ3v) is 15.5. The first-order valence-electron chi connectivity index (χ1n) is 20.0. The summed E-state index contributed by atoms with van der Waals surface area (Å²) in [6.45, 7) is 4.69. The molecule has 9 rings (SSSR count). The van der Waals surface area contributed by atoms with Crippen molar-refractivity contribution in [2.45, 2.75) is 87.6 Å². The standard InChI is InChI=1S/C43H52N2O11/c1-6-44-21-40(22-55-38(49)25-14-10-11-15-28(25)45-31(46)18-23(2)36(45)47)17-16-30(53-4)42-27-19-26-29(52-3)20-41(50,43(51,39(42)44)35(54-5)34(40)42)32(27)33(26)56-37(48)24-12-8-7-9-13-24/h7-15,23,26-27,29-30,32-35,39,50-51H,6,16-22H2,1-5H3. The fourth-order valence-electron chi connectivity index (χ4n) is 13.8. The molecule has 2 amide bonds. The molecule has 7 aliphatic rings. The number of esters is 2. The van der Waals surface area contributed by atoms with Gasteiger partial charge in [0.1, 0.15) is 17.3 Å². The van der Waals surface area contributed by atoms with Crippen LogP contribution in [0.25, 0.3) is 0 Å². The number of likely N-dealkylation sites (N-methyl/N-ethyl adjacent to an activating group) is 1. The van der Waals surface area contributed by atoms with Gasteiger partial charge in [0.2, 0.25) is 11.8 Å². The van der Waals surface area contributed by atoms with E-state index in [0.717, 1.165) is 4.90 Å². The number of methoxy groups -OCH3 is 3. The van der Waals surface area contributed by atoms with Crippen LogP contribution >= 0.6 is 0 Å². The van der Waals surface area contributed by atoms with Gasteiger partial charge in [-0.15, -0.1) is 0 Å². The minimum absolute atomic E-state index is 0.0349. The molecule has 13 nitrogen and oxygen atoms in total. The van der Waals surface area contributed by atoms with Crippen LogP contribution in [0.1, 0.15) is 66.7 Å². The number of nitrogens with zero attached hydrogens (tertiary/aromatic N) is 2. The van der Waals surface area contributed by atoms with E-state index in [0.29, 0.717) is 37.9 Å². The largest absolute Gasteiger partial charge is 0.461 e. The molecule has 5 saturated carbocycles. The van der Waals surface area contributed by atoms with Crippen LogP contribution in [0.3, 0.4) is 0 Å². The Hall–Kier alpha value is -3.72. The molecule has 5 aliphatic carbocycles. The van der Waals surface area contributed by atoms with Crippen LogP contribution in [0, 0.1) is 40.4 Å². The summed E-state index contributed by atoms with van der Waals surface area (Å²) >= 11 is 0. The van der Waals surface area contributed by atoms with Gasteiger partial charge in [-0.3, -0.25) is 14.5 Å². The summed E-state index contributed by atoms with van der Waals surface area (Å²) in [5, 5.41) is 27.2. The summed E-state index contributed by atoms with van der Waals surface area (Å²) < 4.78 is 31.8. The van der Waals surface area contributed by atoms with Crippen molar-refractivity contribution in [2.75, 3.05) is 45.9 Å². The number of likely N-dealkylation sites (tertiary alicyclic amines) is 1. The van der Waals surface area contributed by atoms with Crippen LogP contribution in [-0.2, 0) is 33.3 Å². The Balaban J connectivity index is 1.14. The number of ether oxygens (including phenoxy) is 5. The molecule has 2 heterocycles. The predicted octanol–water partition coefficient (Wildman–Crippen LogP) is 3.25. The first-order chi connectivity index (χ1) is 26.9. The van der Waals surface area contributed by atoms with Gasteiger partial charge in [-0.2, -0.15) is 0 Å². The van der Waals surface area contributed by atoms with Crippen LogP contribution in [0.15, 0.2) is 54.6 Å². The predicted molar refractivity (Wildman–Crippen MR) is 199 cm³/mol. The van der Waals surface area contributed by atoms with Gasteiger partial charge in [-0.05, 0) is 56.0 Å². The van der Waals surface area contributed by atoms with Gasteiger partial charge in [0.05, 0.1) is 47.8 Å². The summed E-state index contributed by atoms with van der Waals surface area (Å²) in [5.41, 5.74) is -4.50. The number of fused-ring (bicyclic) bond motifs is 2. The quantitative estimate of drug-likeness (QED) is 0.269. The molecular weight excluding hydrogens is 720 g/mol. The van der Waals surface area contributed by atoms with E-state index in [4.69, 9.17) is 23.7 Å². The lowest BCUT2D eigenvalue weighted by Crippen LogP contribution is -2.82. The zero-order chi connectivity index (χ0) is 39.5. The monoisotopic (exact) mass is 772 g/mol. The molecule has 0 radical (unpaired) electrons. The summed E-state index contributed by atoms with van der Waals surface area (Å²) in [6.07, 6.45) is -0.591. The first kappa shape index (κ1) is 37.8. The molecule has 2 aromatic carbocycles. The van der Waals surface area contributed by atoms with E-state index < -0.39 is 76.1 Å². The highest BCUT2D eigenvalue weighted by molar-refractivity contribution is 6.22. The lowest BCUT2D eigenvalue weighted by atomic mass is 9.42. The molecule has 0 aromatic heterocycles. The molecule has 56 heavy (non-hydrogen) atoms. The van der Waals surface area contributed by atoms with Gasteiger partial charge < -0.3 is 33.9 Å². The maximum absolute atomic E-state index is 14.2. The smallest absolute Gasteiger partial charge is 0.340 e. The second-order valence-corrected chi connectivity index (χ2v) is 17.5. The summed E-state index contributed by atoms with van der Waals surface area (Å²) in [4.78, 5) is 57.3. The van der Waals surface area contributed by atoms with Crippen LogP contribution < -0.4 is 4.90 Å². The summed E-state index contributed by atoms with van der Waals surface area (Å²) in [7, 11) is 4.86. The first-order valence-corrected chi connectivity index (χ1v) is 20.0. The van der Waals surface area contributed by atoms with E-state index in [1.807, 2.05) is 13.0 Å². The van der Waals surface area contributed by atoms with Crippen molar-refractivity contribution in [3.63, 3.8) is 0 Å². The van der Waals surface area contributed by atoms with E-state index in [-0.39, 0.29) is 60.5 Å². The molecule has 13 heteroatoms. The Kier molecular flexibility index (Phi) is 8.89. The normalized spacial score (nSPS) is 43.2. The highest BCUT2D eigenvalue weighted by Crippen LogP contribution is 2.80. The van der Waals surface area contributed by atoms with Gasteiger partial charge in [0.25, 0.3) is 0 Å². The molecule has 14 unspecified atom stereocenters. The van der Waals surface area contributed by atoms with E-state index in [1.54, 1.807) is 76.8 Å². The topological polar surface area (TPSA) is 161 Å². The van der Waals surface area contributed by atoms with E-state index in [1.165, 1.54) is 0 Å². The Morgan fingerprint density at radius 3 is 2.34 bits per heavy atom. The number of benzene rings is 2. The van der Waals surface area contributed by atoms with E-state index in [2.05, 4.69) is 4.90 Å². The lowest BCUT2D eigenvalue weighted by molar-refractivity contribution is -0.318. The SMILES string of the molecule is CCN1CC2(COC(=O)c3ccccc3N3C(=O)CC(C)C3=O)CCC(OC)C34C5CC6C(OC)CC(O)(C5C6OC(=O)c5ccccc5)C(O)(C(OC)C23)C14. The van der Waals surface area contributed by atoms with Crippen molar-refractivity contribution < 1.29 is 53.1 Å². The number of rotatable bonds is 10. The Bertz CT molecular complexity index is 1940. The maximum atomic E-state index is 14.2. The minimum Gasteiger partial charge on any atom is -0.461 e. The second kappa shape index (κ2) is 13.2. The van der Waals surface area contributed by atoms with Crippen molar-refractivity contribution in [3.8, 4) is 0 Å². The number of anilines is 1. The number of hydrogen-bond donors (Lipinski definition) is 2. The van der Waals surface area contributed by atoms with E-state index >= 15 is 0 Å². The fraction of sp³-hybridized carbons (Fsp3) is 0.628. The molecule has 7 fully saturated rings. The Morgan fingerprint density at radius 2 is 1.68 bits per heavy atom. The third kappa shape index (κ3) is 4.64. The average molecular weight is 773 g/mol. The molecule has 2 aromatic rings. The zero-order valence-corrected chi connectivity index (χ0v) is 32.6. The number of carbonyl (C=O) groups excluding carboxylic acids is 4. The number of piperidine rings is 1. The van der Waals surface area contributed by atoms with Gasteiger partial charge in [-0.1, -0.05) is 44.2 Å². The number of para-hydroxylation sites is 1. The number of amides is 2. The highest BCUT2D eigenvalue weighted by Gasteiger charge is 2.92. The van der Waals surface area contributed by atoms with Crippen LogP contribution in [0.5, 0.6) is 0 Å². The van der Waals surface area contributed by atoms with Gasteiger partial charge in [0, 0.05) is 75.2 Å². The van der Waals surface area contributed by atoms with Crippen LogP contribution in [-0.4, -0.2) is 122 Å². The van der Waals surface area contributed by atoms with Gasteiger partial charge in [-0.25, -0.2) is 14.5 Å². The zero-order valence-electron chi connectivity index (χ0n) is 32.6. The maximum Gasteiger partial charge on any atom is 0.340 e. The molecule has 300 valence electrons. The van der Waals surface area contributed by atoms with Crippen LogP contribution in [0.4, 0.5) is 5.69 Å². The molecule has 2 saturated heterocycles. The van der Waals surface area contributed by atoms with Crippen LogP contribution in [0.2, 0.25) is 0 Å². The van der Waals surface area contributed by atoms with E-state index in [9.17, 15) is 29.4 Å². The summed E-state index contributed by atoms with van der Waals surface area (Å²) in [5.74, 6) is -4.01. The fourth-order valence-corrected chi connectivity index (χ4v) is 13.8. The molecule has 7 bridgehead atoms. The number of hydrogen-bond acceptors (Lipinski definition) is 12. The van der Waals surface area contributed by atoms with Crippen molar-refractivity contribution in [2.24, 2.45) is 40.4 Å². The number of aliphatic hydroxyl groups is 2. The Labute approximate surface area is 326 Å². The van der Waals surface area contributed by atoms with Gasteiger partial charge >= 0.3 is 11.9 Å². The summed E-state index contributed by atoms with van der Waals surface area (Å²) in [6, 6.07) is 14.7. The Morgan fingerprint density at radius 1 is 0.946 bits per heavy atom. The van der Waals surface area contributed by atoms with Crippen molar-refractivity contribution in [3.05, 3.63) is 65.7 Å². The van der Waals surface area contributed by atoms with Crippen molar-refractivity contribution in [1.29, 1.82) is 0 Å². The van der Waals surface area contributed by atoms with Gasteiger partial charge in [0.15, 0.2) is 0 Å². The lowest BCUT2D eigenvalue weighted by Gasteiger charge is -2.70. The molecule has 14 atom stereocenters. The van der Waals surface area contributed by atoms with Crippen molar-refractivity contribution in [1.82, 2.24) is 4.90 Å². The number of carbonyl (C=O) groups is 4. The number of imide groups is 1. The third-order valence-electron chi connectivity index (χ3n) is 15.5. The molecule has 2 aliphatic heterocycles.